The van der Waals surface area contributed by atoms with Crippen LogP contribution in [0.1, 0.15) is 91.9 Å². The van der Waals surface area contributed by atoms with E-state index in [1.165, 1.54) is 64.2 Å². The second-order valence-electron chi connectivity index (χ2n) is 9.29. The molecule has 0 aromatic rings. The lowest BCUT2D eigenvalue weighted by atomic mass is 9.57. The zero-order valence-electron chi connectivity index (χ0n) is 15.4. The highest BCUT2D eigenvalue weighted by Crippen LogP contribution is 2.54. The van der Waals surface area contributed by atoms with Crippen LogP contribution in [0.2, 0.25) is 0 Å². The molecule has 3 rings (SSSR count). The summed E-state index contributed by atoms with van der Waals surface area (Å²) in [6.45, 7) is 9.56. The number of ether oxygens (including phenoxy) is 1. The van der Waals surface area contributed by atoms with E-state index in [0.29, 0.717) is 6.10 Å². The number of fused-ring (bicyclic) bond motifs is 3. The number of hydrogen-bond donors (Lipinski definition) is 0. The van der Waals surface area contributed by atoms with Gasteiger partial charge in [-0.3, -0.25) is 0 Å². The highest BCUT2D eigenvalue weighted by Gasteiger charge is 2.52. The summed E-state index contributed by atoms with van der Waals surface area (Å²) < 4.78 is 6.72. The van der Waals surface area contributed by atoms with Crippen molar-refractivity contribution in [3.63, 3.8) is 0 Å². The third-order valence-corrected chi connectivity index (χ3v) is 7.23. The Bertz CT molecular complexity index is 361. The molecule has 22 heavy (non-hydrogen) atoms. The molecule has 0 bridgehead atoms. The number of rotatable bonds is 4. The molecule has 0 N–H and O–H groups in total. The average molecular weight is 307 g/mol. The van der Waals surface area contributed by atoms with E-state index in [1.807, 2.05) is 0 Å². The van der Waals surface area contributed by atoms with E-state index in [2.05, 4.69) is 27.7 Å². The summed E-state index contributed by atoms with van der Waals surface area (Å²) >= 11 is 0. The number of hydrogen-bond acceptors (Lipinski definition) is 1. The topological polar surface area (TPSA) is 9.23 Å². The predicted octanol–water partition coefficient (Wildman–Crippen LogP) is 6.21. The summed E-state index contributed by atoms with van der Waals surface area (Å²) in [6, 6.07) is 0. The molecule has 2 saturated carbocycles. The Morgan fingerprint density at radius 3 is 2.55 bits per heavy atom. The predicted molar refractivity (Wildman–Crippen MR) is 93.9 cm³/mol. The Labute approximate surface area is 138 Å². The van der Waals surface area contributed by atoms with Crippen molar-refractivity contribution >= 4 is 0 Å². The van der Waals surface area contributed by atoms with Crippen LogP contribution in [-0.4, -0.2) is 11.7 Å². The van der Waals surface area contributed by atoms with Crippen LogP contribution in [0.5, 0.6) is 0 Å². The van der Waals surface area contributed by atoms with Crippen LogP contribution in [-0.2, 0) is 4.74 Å². The smallest absolute Gasteiger partial charge is 0.0661 e. The fourth-order valence-corrected chi connectivity index (χ4v) is 6.04. The van der Waals surface area contributed by atoms with E-state index >= 15 is 0 Å². The molecular formula is C21H38O. The van der Waals surface area contributed by atoms with Crippen molar-refractivity contribution in [2.45, 2.75) is 104 Å². The van der Waals surface area contributed by atoms with Crippen molar-refractivity contribution < 1.29 is 4.74 Å². The van der Waals surface area contributed by atoms with Gasteiger partial charge in [-0.1, -0.05) is 46.0 Å². The standard InChI is InChI=1S/C21H38O/c1-5-6-7-8-16-10-11-17-18-13-15(2)9-12-19(18)21(3,4)22-20(17)14-16/h15-20H,5-14H2,1-4H3/t15?,16?,17?,18-,19+,20?/m0/s1. The van der Waals surface area contributed by atoms with Crippen LogP contribution in [0.15, 0.2) is 0 Å². The lowest BCUT2D eigenvalue weighted by Crippen LogP contribution is -2.56. The van der Waals surface area contributed by atoms with Gasteiger partial charge < -0.3 is 4.74 Å². The average Bonchev–Trinajstić information content (AvgIpc) is 2.46. The lowest BCUT2D eigenvalue weighted by Gasteiger charge is -2.57. The summed E-state index contributed by atoms with van der Waals surface area (Å²) in [6.07, 6.45) is 14.8. The largest absolute Gasteiger partial charge is 0.372 e. The maximum absolute atomic E-state index is 6.72. The second-order valence-corrected chi connectivity index (χ2v) is 9.29. The second kappa shape index (κ2) is 6.83. The third kappa shape index (κ3) is 3.40. The lowest BCUT2D eigenvalue weighted by molar-refractivity contribution is -0.221. The Kier molecular flexibility index (Phi) is 5.22. The Morgan fingerprint density at radius 2 is 1.77 bits per heavy atom. The highest BCUT2D eigenvalue weighted by molar-refractivity contribution is 5.00. The van der Waals surface area contributed by atoms with Gasteiger partial charge in [0.05, 0.1) is 11.7 Å². The van der Waals surface area contributed by atoms with E-state index in [0.717, 1.165) is 29.6 Å². The molecule has 6 atom stereocenters. The third-order valence-electron chi connectivity index (χ3n) is 7.23. The fraction of sp³-hybridized carbons (Fsp3) is 1.00. The zero-order chi connectivity index (χ0) is 15.7. The van der Waals surface area contributed by atoms with Gasteiger partial charge in [0.1, 0.15) is 0 Å². The van der Waals surface area contributed by atoms with Gasteiger partial charge in [0, 0.05) is 0 Å². The van der Waals surface area contributed by atoms with Crippen LogP contribution in [0.4, 0.5) is 0 Å². The molecule has 1 heteroatoms. The van der Waals surface area contributed by atoms with Crippen molar-refractivity contribution in [3.8, 4) is 0 Å². The Balaban J connectivity index is 1.65. The molecule has 1 saturated heterocycles. The maximum Gasteiger partial charge on any atom is 0.0661 e. The first-order chi connectivity index (χ1) is 10.5. The first-order valence-electron chi connectivity index (χ1n) is 10.2. The van der Waals surface area contributed by atoms with Crippen molar-refractivity contribution in [3.05, 3.63) is 0 Å². The first-order valence-corrected chi connectivity index (χ1v) is 10.2. The summed E-state index contributed by atoms with van der Waals surface area (Å²) in [5.74, 6) is 4.54. The summed E-state index contributed by atoms with van der Waals surface area (Å²) in [5, 5.41) is 0. The maximum atomic E-state index is 6.72. The summed E-state index contributed by atoms with van der Waals surface area (Å²) in [4.78, 5) is 0. The molecule has 1 aliphatic heterocycles. The molecule has 0 aromatic heterocycles. The molecule has 1 nitrogen and oxygen atoms in total. The van der Waals surface area contributed by atoms with E-state index in [-0.39, 0.29) is 5.60 Å². The van der Waals surface area contributed by atoms with Gasteiger partial charge in [-0.15, -0.1) is 0 Å². The summed E-state index contributed by atoms with van der Waals surface area (Å²) in [7, 11) is 0. The quantitative estimate of drug-likeness (QED) is 0.561. The first kappa shape index (κ1) is 16.8. The van der Waals surface area contributed by atoms with Gasteiger partial charge in [-0.05, 0) is 75.5 Å². The Morgan fingerprint density at radius 1 is 0.955 bits per heavy atom. The van der Waals surface area contributed by atoms with Crippen molar-refractivity contribution in [2.75, 3.05) is 0 Å². The monoisotopic (exact) mass is 306 g/mol. The van der Waals surface area contributed by atoms with E-state index in [1.54, 1.807) is 0 Å². The molecule has 0 amide bonds. The van der Waals surface area contributed by atoms with Gasteiger partial charge >= 0.3 is 0 Å². The molecule has 1 heterocycles. The Hall–Kier alpha value is -0.0400. The molecule has 3 aliphatic rings. The minimum atomic E-state index is 0.122. The van der Waals surface area contributed by atoms with Gasteiger partial charge in [0.25, 0.3) is 0 Å². The number of unbranched alkanes of at least 4 members (excludes halogenated alkanes) is 2. The van der Waals surface area contributed by atoms with Gasteiger partial charge in [-0.2, -0.15) is 0 Å². The molecule has 4 unspecified atom stereocenters. The minimum absolute atomic E-state index is 0.122. The van der Waals surface area contributed by atoms with Gasteiger partial charge in [0.2, 0.25) is 0 Å². The van der Waals surface area contributed by atoms with Crippen LogP contribution >= 0.6 is 0 Å². The van der Waals surface area contributed by atoms with E-state index in [4.69, 9.17) is 4.74 Å². The molecular weight excluding hydrogens is 268 g/mol. The van der Waals surface area contributed by atoms with Crippen LogP contribution < -0.4 is 0 Å². The van der Waals surface area contributed by atoms with Crippen LogP contribution in [0, 0.1) is 29.6 Å². The molecule has 0 radical (unpaired) electrons. The zero-order valence-corrected chi connectivity index (χ0v) is 15.4. The van der Waals surface area contributed by atoms with Crippen molar-refractivity contribution in [1.29, 1.82) is 0 Å². The van der Waals surface area contributed by atoms with E-state index < -0.39 is 0 Å². The fourth-order valence-electron chi connectivity index (χ4n) is 6.04. The normalized spacial score (nSPS) is 44.2. The van der Waals surface area contributed by atoms with Gasteiger partial charge in [-0.25, -0.2) is 0 Å². The van der Waals surface area contributed by atoms with Crippen molar-refractivity contribution in [1.82, 2.24) is 0 Å². The van der Waals surface area contributed by atoms with Gasteiger partial charge in [0.15, 0.2) is 0 Å². The molecule has 2 aliphatic carbocycles. The highest BCUT2D eigenvalue weighted by atomic mass is 16.5. The molecule has 3 fully saturated rings. The van der Waals surface area contributed by atoms with Crippen LogP contribution in [0.3, 0.4) is 0 Å². The molecule has 128 valence electrons. The van der Waals surface area contributed by atoms with Crippen molar-refractivity contribution in [2.24, 2.45) is 29.6 Å². The SMILES string of the molecule is CCCCCC1CCC2C(C1)OC(C)(C)[C@@H]1CCC(C)C[C@@H]21. The van der Waals surface area contributed by atoms with Crippen LogP contribution in [0.25, 0.3) is 0 Å². The molecule has 0 spiro atoms. The summed E-state index contributed by atoms with van der Waals surface area (Å²) in [5.41, 5.74) is 0.122. The van der Waals surface area contributed by atoms with E-state index in [9.17, 15) is 0 Å². The molecule has 0 aromatic carbocycles. The minimum Gasteiger partial charge on any atom is -0.372 e.